The number of aromatic nitrogens is 2. The van der Waals surface area contributed by atoms with E-state index in [1.54, 1.807) is 0 Å². The fourth-order valence-corrected chi connectivity index (χ4v) is 3.58. The number of thioether (sulfide) groups is 1. The Morgan fingerprint density at radius 3 is 2.75 bits per heavy atom. The first-order valence-electron chi connectivity index (χ1n) is 8.05. The Hall–Kier alpha value is -1.83. The quantitative estimate of drug-likeness (QED) is 0.472. The molecule has 2 rings (SSSR count). The molecule has 8 heteroatoms. The van der Waals surface area contributed by atoms with Gasteiger partial charge in [0.25, 0.3) is 5.56 Å². The van der Waals surface area contributed by atoms with Crippen molar-refractivity contribution in [2.75, 3.05) is 19.9 Å². The summed E-state index contributed by atoms with van der Waals surface area (Å²) in [7, 11) is 3.12. The zero-order valence-corrected chi connectivity index (χ0v) is 14.9. The van der Waals surface area contributed by atoms with E-state index in [-0.39, 0.29) is 23.6 Å². The van der Waals surface area contributed by atoms with E-state index in [0.717, 1.165) is 12.8 Å². The van der Waals surface area contributed by atoms with Crippen LogP contribution in [0, 0.1) is 0 Å². The second-order valence-electron chi connectivity index (χ2n) is 5.88. The highest BCUT2D eigenvalue weighted by atomic mass is 32.2. The number of rotatable bonds is 6. The van der Waals surface area contributed by atoms with Crippen LogP contribution >= 0.6 is 11.8 Å². The van der Waals surface area contributed by atoms with Crippen LogP contribution in [0.5, 0.6) is 0 Å². The van der Waals surface area contributed by atoms with E-state index >= 15 is 0 Å². The highest BCUT2D eigenvalue weighted by molar-refractivity contribution is 7.99. The highest BCUT2D eigenvalue weighted by Crippen LogP contribution is 2.22. The predicted molar refractivity (Wildman–Crippen MR) is 90.9 cm³/mol. The van der Waals surface area contributed by atoms with E-state index < -0.39 is 5.97 Å². The van der Waals surface area contributed by atoms with Gasteiger partial charge in [-0.25, -0.2) is 4.98 Å². The Morgan fingerprint density at radius 2 is 2.08 bits per heavy atom. The Morgan fingerprint density at radius 1 is 1.38 bits per heavy atom. The van der Waals surface area contributed by atoms with E-state index in [0.29, 0.717) is 16.9 Å². The average molecular weight is 353 g/mol. The Kier molecular flexibility index (Phi) is 6.84. The topological polar surface area (TPSA) is 92.4 Å². The summed E-state index contributed by atoms with van der Waals surface area (Å²) >= 11 is 1.17. The van der Waals surface area contributed by atoms with Gasteiger partial charge < -0.3 is 14.6 Å². The normalized spacial score (nSPS) is 15.1. The average Bonchev–Trinajstić information content (AvgIpc) is 2.59. The number of amides is 1. The van der Waals surface area contributed by atoms with Crippen LogP contribution in [0.1, 0.15) is 37.8 Å². The predicted octanol–water partition coefficient (Wildman–Crippen LogP) is 1.37. The van der Waals surface area contributed by atoms with Crippen molar-refractivity contribution >= 4 is 23.6 Å². The molecular formula is C16H23N3O4S. The lowest BCUT2D eigenvalue weighted by Crippen LogP contribution is -2.39. The van der Waals surface area contributed by atoms with E-state index in [1.807, 2.05) is 11.9 Å². The van der Waals surface area contributed by atoms with Crippen LogP contribution in [0.2, 0.25) is 0 Å². The summed E-state index contributed by atoms with van der Waals surface area (Å²) in [5, 5.41) is 0.340. The smallest absolute Gasteiger partial charge is 0.311 e. The summed E-state index contributed by atoms with van der Waals surface area (Å²) in [5.41, 5.74) is -0.0133. The van der Waals surface area contributed by atoms with E-state index in [4.69, 9.17) is 0 Å². The molecule has 1 aliphatic carbocycles. The minimum atomic E-state index is -0.461. The molecule has 0 aliphatic heterocycles. The van der Waals surface area contributed by atoms with Gasteiger partial charge in [-0.15, -0.1) is 0 Å². The SMILES string of the molecule is COC(=O)Cc1cc(=O)[nH]c(SCC(=O)N(C)C2CCCCC2)n1. The minimum Gasteiger partial charge on any atom is -0.469 e. The second kappa shape index (κ2) is 8.86. The number of hydrogen-bond donors (Lipinski definition) is 1. The molecule has 0 bridgehead atoms. The van der Waals surface area contributed by atoms with Gasteiger partial charge in [0.1, 0.15) is 0 Å². The molecule has 1 aromatic rings. The van der Waals surface area contributed by atoms with Gasteiger partial charge in [-0.05, 0) is 12.8 Å². The molecule has 132 valence electrons. The number of carbonyl (C=O) groups is 2. The van der Waals surface area contributed by atoms with Crippen molar-refractivity contribution in [3.8, 4) is 0 Å². The molecule has 1 aliphatic rings. The number of aromatic amines is 1. The van der Waals surface area contributed by atoms with Gasteiger partial charge in [0.05, 0.1) is 25.0 Å². The third-order valence-electron chi connectivity index (χ3n) is 4.17. The molecule has 0 aromatic carbocycles. The van der Waals surface area contributed by atoms with Crippen LogP contribution in [0.25, 0.3) is 0 Å². The van der Waals surface area contributed by atoms with Gasteiger partial charge >= 0.3 is 5.97 Å². The largest absolute Gasteiger partial charge is 0.469 e. The standard InChI is InChI=1S/C16H23N3O4S/c1-19(12-6-4-3-5-7-12)14(21)10-24-16-17-11(8-13(20)18-16)9-15(22)23-2/h8,12H,3-7,9-10H2,1-2H3,(H,17,18,20). The van der Waals surface area contributed by atoms with E-state index in [9.17, 15) is 14.4 Å². The number of ether oxygens (including phenoxy) is 1. The molecule has 1 saturated carbocycles. The Labute approximate surface area is 145 Å². The Balaban J connectivity index is 1.94. The highest BCUT2D eigenvalue weighted by Gasteiger charge is 2.22. The molecule has 0 unspecified atom stereocenters. The summed E-state index contributed by atoms with van der Waals surface area (Å²) in [6.07, 6.45) is 5.61. The van der Waals surface area contributed by atoms with Gasteiger partial charge in [-0.1, -0.05) is 31.0 Å². The monoisotopic (exact) mass is 353 g/mol. The van der Waals surface area contributed by atoms with Crippen LogP contribution in [-0.2, 0) is 20.7 Å². The molecule has 0 spiro atoms. The maximum atomic E-state index is 12.3. The van der Waals surface area contributed by atoms with Gasteiger partial charge in [0.15, 0.2) is 5.16 Å². The number of nitrogens with one attached hydrogen (secondary N) is 1. The van der Waals surface area contributed by atoms with Crippen LogP contribution in [0.4, 0.5) is 0 Å². The van der Waals surface area contributed by atoms with Crippen molar-refractivity contribution in [1.29, 1.82) is 0 Å². The zero-order valence-electron chi connectivity index (χ0n) is 14.0. The van der Waals surface area contributed by atoms with Gasteiger partial charge in [-0.3, -0.25) is 14.4 Å². The third-order valence-corrected chi connectivity index (χ3v) is 5.03. The number of nitrogens with zero attached hydrogens (tertiary/aromatic N) is 2. The number of methoxy groups -OCH3 is 1. The summed E-state index contributed by atoms with van der Waals surface area (Å²) in [6, 6.07) is 1.57. The summed E-state index contributed by atoms with van der Waals surface area (Å²) < 4.78 is 4.57. The number of carbonyl (C=O) groups excluding carboxylic acids is 2. The first kappa shape index (κ1) is 18.5. The van der Waals surface area contributed by atoms with Crippen molar-refractivity contribution in [2.45, 2.75) is 49.7 Å². The van der Waals surface area contributed by atoms with Crippen molar-refractivity contribution in [3.63, 3.8) is 0 Å². The summed E-state index contributed by atoms with van der Waals surface area (Å²) in [6.45, 7) is 0. The molecule has 7 nitrogen and oxygen atoms in total. The van der Waals surface area contributed by atoms with Gasteiger partial charge in [0, 0.05) is 19.2 Å². The number of esters is 1. The van der Waals surface area contributed by atoms with Crippen LogP contribution in [0.3, 0.4) is 0 Å². The maximum Gasteiger partial charge on any atom is 0.311 e. The molecule has 1 aromatic heterocycles. The third kappa shape index (κ3) is 5.36. The van der Waals surface area contributed by atoms with Crippen molar-refractivity contribution in [1.82, 2.24) is 14.9 Å². The lowest BCUT2D eigenvalue weighted by atomic mass is 9.94. The van der Waals surface area contributed by atoms with E-state index in [1.165, 1.54) is 44.2 Å². The number of H-pyrrole nitrogens is 1. The van der Waals surface area contributed by atoms with Crippen LogP contribution in [0.15, 0.2) is 16.0 Å². The first-order chi connectivity index (χ1) is 11.5. The fourth-order valence-electron chi connectivity index (χ4n) is 2.77. The van der Waals surface area contributed by atoms with E-state index in [2.05, 4.69) is 14.7 Å². The fraction of sp³-hybridized carbons (Fsp3) is 0.625. The van der Waals surface area contributed by atoms with Gasteiger partial charge in [0.2, 0.25) is 5.91 Å². The van der Waals surface area contributed by atoms with Crippen molar-refractivity contribution < 1.29 is 14.3 Å². The molecule has 0 atom stereocenters. The molecule has 0 saturated heterocycles. The zero-order chi connectivity index (χ0) is 17.5. The molecule has 1 amide bonds. The van der Waals surface area contributed by atoms with Gasteiger partial charge in [-0.2, -0.15) is 0 Å². The summed E-state index contributed by atoms with van der Waals surface area (Å²) in [5.74, 6) is -0.234. The number of hydrogen-bond acceptors (Lipinski definition) is 6. The summed E-state index contributed by atoms with van der Waals surface area (Å²) in [4.78, 5) is 43.9. The lowest BCUT2D eigenvalue weighted by Gasteiger charge is -2.31. The molecule has 1 heterocycles. The van der Waals surface area contributed by atoms with Crippen LogP contribution < -0.4 is 5.56 Å². The maximum absolute atomic E-state index is 12.3. The molecule has 1 N–H and O–H groups in total. The van der Waals surface area contributed by atoms with Crippen LogP contribution in [-0.4, -0.2) is 52.7 Å². The van der Waals surface area contributed by atoms with Crippen molar-refractivity contribution in [2.24, 2.45) is 0 Å². The van der Waals surface area contributed by atoms with Crippen molar-refractivity contribution in [3.05, 3.63) is 22.1 Å². The molecule has 1 fully saturated rings. The first-order valence-corrected chi connectivity index (χ1v) is 9.03. The second-order valence-corrected chi connectivity index (χ2v) is 6.84. The molecule has 24 heavy (non-hydrogen) atoms. The molecular weight excluding hydrogens is 330 g/mol. The lowest BCUT2D eigenvalue weighted by molar-refractivity contribution is -0.139. The Bertz CT molecular complexity index is 640. The minimum absolute atomic E-state index is 0.0212. The molecule has 0 radical (unpaired) electrons.